The number of hydrogen-bond donors (Lipinski definition) is 3. The van der Waals surface area contributed by atoms with Gasteiger partial charge in [0, 0.05) is 30.0 Å². The van der Waals surface area contributed by atoms with Crippen LogP contribution < -0.4 is 16.2 Å². The van der Waals surface area contributed by atoms with Crippen molar-refractivity contribution in [3.63, 3.8) is 0 Å². The normalized spacial score (nSPS) is 24.5. The van der Waals surface area contributed by atoms with Crippen molar-refractivity contribution < 1.29 is 40.8 Å². The molecule has 37 heavy (non-hydrogen) atoms. The molecule has 4 atom stereocenters. The third-order valence-electron chi connectivity index (χ3n) is 6.81. The van der Waals surface area contributed by atoms with Gasteiger partial charge in [0.15, 0.2) is 23.3 Å². The minimum atomic E-state index is -4.83. The summed E-state index contributed by atoms with van der Waals surface area (Å²) in [5.41, 5.74) is 9.42. The van der Waals surface area contributed by atoms with E-state index in [0.29, 0.717) is 5.56 Å². The van der Waals surface area contributed by atoms with Crippen molar-refractivity contribution in [2.24, 2.45) is 17.4 Å². The SMILES string of the molecule is COc1c([C@@H]2[C@@H](C(N)=[N+](C=N)CCc3ccnc(C(N)=O)c3)O[C@](C)(C(F)(F)F)[C@@H]2C)ccc(F)c1F. The molecule has 200 valence electrons. The molecule has 0 radical (unpaired) electrons. The number of methoxy groups -OCH3 is 1. The number of nitrogens with two attached hydrogens (primary N) is 2. The molecule has 8 nitrogen and oxygen atoms in total. The van der Waals surface area contributed by atoms with Crippen LogP contribution in [0, 0.1) is 23.0 Å². The number of amidine groups is 1. The van der Waals surface area contributed by atoms with E-state index in [0.717, 1.165) is 32.5 Å². The minimum absolute atomic E-state index is 0.0234. The number of carbonyl (C=O) groups is 1. The minimum Gasteiger partial charge on any atom is -0.493 e. The van der Waals surface area contributed by atoms with Gasteiger partial charge >= 0.3 is 6.18 Å². The highest BCUT2D eigenvalue weighted by molar-refractivity contribution is 5.90. The lowest BCUT2D eigenvalue weighted by molar-refractivity contribution is -0.405. The third kappa shape index (κ3) is 5.13. The maximum Gasteiger partial charge on any atom is 0.417 e. The van der Waals surface area contributed by atoms with E-state index in [1.165, 1.54) is 23.8 Å². The first-order chi connectivity index (χ1) is 17.3. The molecular weight excluding hydrogens is 501 g/mol. The van der Waals surface area contributed by atoms with Crippen LogP contribution in [0.1, 0.15) is 41.4 Å². The van der Waals surface area contributed by atoms with Gasteiger partial charge in [0.2, 0.25) is 18.0 Å². The first kappa shape index (κ1) is 28.0. The highest BCUT2D eigenvalue weighted by Crippen LogP contribution is 2.54. The van der Waals surface area contributed by atoms with E-state index in [1.807, 2.05) is 0 Å². The molecule has 1 saturated heterocycles. The second kappa shape index (κ2) is 10.4. The van der Waals surface area contributed by atoms with Crippen LogP contribution in [0.5, 0.6) is 5.75 Å². The molecule has 5 N–H and O–H groups in total. The van der Waals surface area contributed by atoms with Gasteiger partial charge in [-0.15, -0.1) is 0 Å². The zero-order valence-electron chi connectivity index (χ0n) is 20.3. The summed E-state index contributed by atoms with van der Waals surface area (Å²) in [6, 6.07) is 4.99. The Morgan fingerprint density at radius 3 is 2.54 bits per heavy atom. The Balaban J connectivity index is 2.08. The summed E-state index contributed by atoms with van der Waals surface area (Å²) < 4.78 is 82.6. The van der Waals surface area contributed by atoms with Crippen molar-refractivity contribution in [3.8, 4) is 5.75 Å². The Morgan fingerprint density at radius 1 is 1.30 bits per heavy atom. The summed E-state index contributed by atoms with van der Waals surface area (Å²) >= 11 is 0. The molecule has 0 unspecified atom stereocenters. The lowest BCUT2D eigenvalue weighted by Crippen LogP contribution is -2.48. The number of nitrogens with one attached hydrogen (secondary N) is 1. The average Bonchev–Trinajstić information content (AvgIpc) is 3.12. The van der Waals surface area contributed by atoms with E-state index in [4.69, 9.17) is 26.4 Å². The summed E-state index contributed by atoms with van der Waals surface area (Å²) in [7, 11) is 1.08. The van der Waals surface area contributed by atoms with E-state index in [9.17, 15) is 26.7 Å². The number of ether oxygens (including phenoxy) is 2. The first-order valence-corrected chi connectivity index (χ1v) is 11.2. The van der Waals surface area contributed by atoms with Gasteiger partial charge in [0.05, 0.1) is 13.7 Å². The number of primary amides is 1. The van der Waals surface area contributed by atoms with Crippen LogP contribution in [0.25, 0.3) is 0 Å². The Morgan fingerprint density at radius 2 is 1.97 bits per heavy atom. The smallest absolute Gasteiger partial charge is 0.417 e. The van der Waals surface area contributed by atoms with Crippen LogP contribution in [0.3, 0.4) is 0 Å². The predicted molar refractivity (Wildman–Crippen MR) is 124 cm³/mol. The number of nitrogens with zero attached hydrogens (tertiary/aromatic N) is 2. The second-order valence-corrected chi connectivity index (χ2v) is 8.85. The molecule has 1 aromatic carbocycles. The van der Waals surface area contributed by atoms with Crippen molar-refractivity contribution in [2.45, 2.75) is 44.1 Å². The number of pyridine rings is 1. The van der Waals surface area contributed by atoms with Crippen LogP contribution in [0.2, 0.25) is 0 Å². The van der Waals surface area contributed by atoms with E-state index in [1.54, 1.807) is 6.07 Å². The van der Waals surface area contributed by atoms with Crippen LogP contribution >= 0.6 is 0 Å². The molecule has 3 rings (SSSR count). The molecule has 2 aromatic rings. The Kier molecular flexibility index (Phi) is 7.86. The Labute approximate surface area is 209 Å². The van der Waals surface area contributed by atoms with Crippen molar-refractivity contribution in [1.82, 2.24) is 4.98 Å². The fraction of sp³-hybridized carbons (Fsp3) is 0.417. The monoisotopic (exact) mass is 528 g/mol. The van der Waals surface area contributed by atoms with Gasteiger partial charge in [-0.1, -0.05) is 13.0 Å². The van der Waals surface area contributed by atoms with Crippen molar-refractivity contribution in [3.05, 3.63) is 58.9 Å². The zero-order valence-corrected chi connectivity index (χ0v) is 20.3. The zero-order chi connectivity index (χ0) is 27.7. The van der Waals surface area contributed by atoms with Gasteiger partial charge in [-0.25, -0.2) is 8.97 Å². The highest BCUT2D eigenvalue weighted by Gasteiger charge is 2.66. The molecule has 0 spiro atoms. The van der Waals surface area contributed by atoms with Crippen LogP contribution in [-0.4, -0.2) is 59.2 Å². The predicted octanol–water partition coefficient (Wildman–Crippen LogP) is 3.13. The molecule has 13 heteroatoms. The van der Waals surface area contributed by atoms with Crippen LogP contribution in [-0.2, 0) is 11.2 Å². The largest absolute Gasteiger partial charge is 0.493 e. The molecule has 0 bridgehead atoms. The van der Waals surface area contributed by atoms with Gasteiger partial charge < -0.3 is 20.9 Å². The lowest BCUT2D eigenvalue weighted by atomic mass is 9.76. The Bertz CT molecular complexity index is 1240. The average molecular weight is 529 g/mol. The van der Waals surface area contributed by atoms with Gasteiger partial charge in [-0.05, 0) is 30.7 Å². The van der Waals surface area contributed by atoms with Crippen molar-refractivity contribution in [2.75, 3.05) is 13.7 Å². The molecule has 1 aliphatic rings. The molecule has 1 aliphatic heterocycles. The molecule has 1 fully saturated rings. The van der Waals surface area contributed by atoms with Crippen LogP contribution in [0.4, 0.5) is 22.0 Å². The van der Waals surface area contributed by atoms with Crippen LogP contribution in [0.15, 0.2) is 30.5 Å². The van der Waals surface area contributed by atoms with Gasteiger partial charge in [-0.3, -0.25) is 9.78 Å². The summed E-state index contributed by atoms with van der Waals surface area (Å²) in [5, 5.41) is 7.82. The number of carbonyl (C=O) groups excluding carboxylic acids is 1. The highest BCUT2D eigenvalue weighted by atomic mass is 19.4. The molecule has 0 saturated carbocycles. The number of aromatic nitrogens is 1. The molecule has 1 aromatic heterocycles. The molecular formula is C24H27F5N5O3+. The van der Waals surface area contributed by atoms with Crippen molar-refractivity contribution in [1.29, 1.82) is 5.41 Å². The number of hydrogen-bond acceptors (Lipinski definition) is 5. The van der Waals surface area contributed by atoms with Gasteiger partial charge in [0.25, 0.3) is 5.91 Å². The summed E-state index contributed by atoms with van der Waals surface area (Å²) in [6.07, 6.45) is -3.89. The number of benzene rings is 1. The summed E-state index contributed by atoms with van der Waals surface area (Å²) in [5.74, 6) is -6.62. The standard InChI is InChI=1S/C24H26F5N5O3/c1-12-17(14-4-5-15(25)18(26)19(14)36-3)20(37-23(12,2)24(27,28)29)21(31)34(11-30)9-7-13-6-8-33-16(10-13)22(32)35/h4-6,8,10-12,17,20,30-31H,7,9H2,1-3H3,(H2,32,35)/p+1/t12-,17-,20+,23+/m1/s1. The quantitative estimate of drug-likeness (QED) is 0.210. The summed E-state index contributed by atoms with van der Waals surface area (Å²) in [4.78, 5) is 15.2. The van der Waals surface area contributed by atoms with Gasteiger partial charge in [0.1, 0.15) is 5.69 Å². The van der Waals surface area contributed by atoms with E-state index in [2.05, 4.69) is 4.98 Å². The second-order valence-electron chi connectivity index (χ2n) is 8.85. The van der Waals surface area contributed by atoms with E-state index >= 15 is 0 Å². The first-order valence-electron chi connectivity index (χ1n) is 11.2. The molecule has 1 amide bonds. The third-order valence-corrected chi connectivity index (χ3v) is 6.81. The van der Waals surface area contributed by atoms with Crippen molar-refractivity contribution >= 4 is 18.1 Å². The fourth-order valence-electron chi connectivity index (χ4n) is 4.51. The topological polar surface area (TPSA) is 127 Å². The maximum absolute atomic E-state index is 14.5. The number of alkyl halides is 3. The molecule has 2 heterocycles. The summed E-state index contributed by atoms with van der Waals surface area (Å²) in [6.45, 7) is 2.17. The van der Waals surface area contributed by atoms with E-state index < -0.39 is 53.0 Å². The number of amides is 1. The fourth-order valence-corrected chi connectivity index (χ4v) is 4.51. The van der Waals surface area contributed by atoms with E-state index in [-0.39, 0.29) is 30.1 Å². The molecule has 0 aliphatic carbocycles. The Hall–Kier alpha value is -3.61. The lowest BCUT2D eigenvalue weighted by Gasteiger charge is -2.32. The number of halogens is 5. The number of rotatable bonds is 8. The van der Waals surface area contributed by atoms with Gasteiger partial charge in [-0.2, -0.15) is 23.0 Å². The maximum atomic E-state index is 14.5.